The number of hydrogen-bond acceptors (Lipinski definition) is 4. The van der Waals surface area contributed by atoms with Gasteiger partial charge in [-0.2, -0.15) is 0 Å². The Kier molecular flexibility index (Phi) is 3.85. The average Bonchev–Trinajstić information content (AvgIpc) is 2.92. The standard InChI is InChI=1S/C16H19NO3/c18-10-12-5-3-4-8-17(12)9-15(19)14-11-20-16-7-2-1-6-13(14)16/h1-2,6-7,11-12,18H,3-5,8-10H2. The Morgan fingerprint density at radius 3 is 3.05 bits per heavy atom. The molecule has 0 bridgehead atoms. The highest BCUT2D eigenvalue weighted by atomic mass is 16.3. The predicted molar refractivity (Wildman–Crippen MR) is 76.8 cm³/mol. The van der Waals surface area contributed by atoms with Crippen molar-refractivity contribution in [3.63, 3.8) is 0 Å². The van der Waals surface area contributed by atoms with Crippen LogP contribution in [-0.2, 0) is 0 Å². The van der Waals surface area contributed by atoms with Crippen LogP contribution in [0.5, 0.6) is 0 Å². The molecule has 1 saturated heterocycles. The van der Waals surface area contributed by atoms with Crippen LogP contribution in [0.2, 0.25) is 0 Å². The van der Waals surface area contributed by atoms with Crippen LogP contribution < -0.4 is 0 Å². The number of hydrogen-bond donors (Lipinski definition) is 1. The summed E-state index contributed by atoms with van der Waals surface area (Å²) < 4.78 is 5.42. The number of benzene rings is 1. The molecule has 2 heterocycles. The maximum absolute atomic E-state index is 12.5. The summed E-state index contributed by atoms with van der Waals surface area (Å²) in [7, 11) is 0. The van der Waals surface area contributed by atoms with Gasteiger partial charge in [-0.1, -0.05) is 24.6 Å². The molecule has 0 aliphatic carbocycles. The molecule has 2 aromatic rings. The van der Waals surface area contributed by atoms with Crippen LogP contribution in [0.1, 0.15) is 29.6 Å². The number of likely N-dealkylation sites (tertiary alicyclic amines) is 1. The van der Waals surface area contributed by atoms with Gasteiger partial charge in [0.15, 0.2) is 5.78 Å². The van der Waals surface area contributed by atoms with E-state index in [1.807, 2.05) is 24.3 Å². The molecule has 0 amide bonds. The molecule has 1 aromatic carbocycles. The minimum absolute atomic E-state index is 0.0651. The molecule has 1 fully saturated rings. The van der Waals surface area contributed by atoms with E-state index in [1.165, 1.54) is 0 Å². The molecule has 1 aromatic heterocycles. The van der Waals surface area contributed by atoms with E-state index >= 15 is 0 Å². The highest BCUT2D eigenvalue weighted by Gasteiger charge is 2.25. The number of furan rings is 1. The van der Waals surface area contributed by atoms with Crippen molar-refractivity contribution in [1.82, 2.24) is 4.90 Å². The van der Waals surface area contributed by atoms with E-state index in [2.05, 4.69) is 4.90 Å². The SMILES string of the molecule is O=C(CN1CCCCC1CO)c1coc2ccccc12. The van der Waals surface area contributed by atoms with E-state index in [4.69, 9.17) is 4.42 Å². The van der Waals surface area contributed by atoms with Crippen LogP contribution in [0, 0.1) is 0 Å². The molecule has 1 N–H and O–H groups in total. The molecule has 20 heavy (non-hydrogen) atoms. The van der Waals surface area contributed by atoms with Crippen LogP contribution in [0.25, 0.3) is 11.0 Å². The van der Waals surface area contributed by atoms with Crippen molar-refractivity contribution >= 4 is 16.8 Å². The largest absolute Gasteiger partial charge is 0.464 e. The highest BCUT2D eigenvalue weighted by Crippen LogP contribution is 2.23. The predicted octanol–water partition coefficient (Wildman–Crippen LogP) is 2.46. The summed E-state index contributed by atoms with van der Waals surface area (Å²) in [6, 6.07) is 7.69. The summed E-state index contributed by atoms with van der Waals surface area (Å²) in [5.41, 5.74) is 1.39. The van der Waals surface area contributed by atoms with Gasteiger partial charge in [-0.25, -0.2) is 0 Å². The summed E-state index contributed by atoms with van der Waals surface area (Å²) in [6.45, 7) is 1.36. The van der Waals surface area contributed by atoms with E-state index in [-0.39, 0.29) is 18.4 Å². The van der Waals surface area contributed by atoms with E-state index < -0.39 is 0 Å². The minimum atomic E-state index is 0.0651. The summed E-state index contributed by atoms with van der Waals surface area (Å²) in [4.78, 5) is 14.6. The Bertz CT molecular complexity index is 605. The van der Waals surface area contributed by atoms with Gasteiger partial charge >= 0.3 is 0 Å². The lowest BCUT2D eigenvalue weighted by Crippen LogP contribution is -2.44. The molecule has 4 nitrogen and oxygen atoms in total. The fourth-order valence-corrected chi connectivity index (χ4v) is 2.94. The summed E-state index contributed by atoms with van der Waals surface area (Å²) in [5.74, 6) is 0.0651. The number of nitrogens with zero attached hydrogens (tertiary/aromatic N) is 1. The van der Waals surface area contributed by atoms with Gasteiger partial charge in [0.2, 0.25) is 0 Å². The number of rotatable bonds is 4. The van der Waals surface area contributed by atoms with Gasteiger partial charge in [-0.05, 0) is 25.5 Å². The minimum Gasteiger partial charge on any atom is -0.464 e. The van der Waals surface area contributed by atoms with Crippen molar-refractivity contribution in [3.05, 3.63) is 36.1 Å². The van der Waals surface area contributed by atoms with Gasteiger partial charge in [0, 0.05) is 11.4 Å². The second kappa shape index (κ2) is 5.77. The maximum Gasteiger partial charge on any atom is 0.180 e. The third kappa shape index (κ3) is 2.49. The smallest absolute Gasteiger partial charge is 0.180 e. The summed E-state index contributed by atoms with van der Waals surface area (Å²) in [6.07, 6.45) is 4.74. The van der Waals surface area contributed by atoms with Crippen molar-refractivity contribution in [3.8, 4) is 0 Å². The van der Waals surface area contributed by atoms with Crippen molar-refractivity contribution in [1.29, 1.82) is 0 Å². The fourth-order valence-electron chi connectivity index (χ4n) is 2.94. The first-order valence-corrected chi connectivity index (χ1v) is 7.14. The van der Waals surface area contributed by atoms with Crippen LogP contribution in [0.15, 0.2) is 34.9 Å². The van der Waals surface area contributed by atoms with Crippen LogP contribution in [0.4, 0.5) is 0 Å². The van der Waals surface area contributed by atoms with Crippen molar-refractivity contribution in [2.45, 2.75) is 25.3 Å². The number of aliphatic hydroxyl groups excluding tert-OH is 1. The third-order valence-corrected chi connectivity index (χ3v) is 4.09. The van der Waals surface area contributed by atoms with Gasteiger partial charge in [0.1, 0.15) is 11.8 Å². The van der Waals surface area contributed by atoms with Crippen LogP contribution in [-0.4, -0.2) is 41.5 Å². The quantitative estimate of drug-likeness (QED) is 0.869. The second-order valence-electron chi connectivity index (χ2n) is 5.37. The van der Waals surface area contributed by atoms with Gasteiger partial charge in [-0.15, -0.1) is 0 Å². The van der Waals surface area contributed by atoms with Crippen molar-refractivity contribution in [2.24, 2.45) is 0 Å². The Morgan fingerprint density at radius 2 is 2.20 bits per heavy atom. The monoisotopic (exact) mass is 273 g/mol. The number of piperidine rings is 1. The number of aliphatic hydroxyl groups is 1. The van der Waals surface area contributed by atoms with Crippen molar-refractivity contribution in [2.75, 3.05) is 19.7 Å². The molecule has 1 unspecified atom stereocenters. The highest BCUT2D eigenvalue weighted by molar-refractivity contribution is 6.08. The topological polar surface area (TPSA) is 53.7 Å². The first kappa shape index (κ1) is 13.3. The second-order valence-corrected chi connectivity index (χ2v) is 5.37. The molecular formula is C16H19NO3. The molecule has 0 spiro atoms. The third-order valence-electron chi connectivity index (χ3n) is 4.09. The fraction of sp³-hybridized carbons (Fsp3) is 0.438. The van der Waals surface area contributed by atoms with Gasteiger partial charge in [-0.3, -0.25) is 9.69 Å². The number of carbonyl (C=O) groups is 1. The molecule has 106 valence electrons. The Labute approximate surface area is 118 Å². The normalized spacial score (nSPS) is 20.4. The van der Waals surface area contributed by atoms with Crippen LogP contribution >= 0.6 is 0 Å². The summed E-state index contributed by atoms with van der Waals surface area (Å²) >= 11 is 0. The molecule has 3 rings (SSSR count). The molecule has 0 radical (unpaired) electrons. The Hall–Kier alpha value is -1.65. The van der Waals surface area contributed by atoms with E-state index in [1.54, 1.807) is 6.26 Å². The van der Waals surface area contributed by atoms with Gasteiger partial charge in [0.05, 0.1) is 18.7 Å². The molecule has 1 aliphatic rings. The molecule has 4 heteroatoms. The molecular weight excluding hydrogens is 254 g/mol. The Balaban J connectivity index is 1.78. The zero-order valence-corrected chi connectivity index (χ0v) is 11.4. The zero-order chi connectivity index (χ0) is 13.9. The van der Waals surface area contributed by atoms with Gasteiger partial charge in [0.25, 0.3) is 0 Å². The van der Waals surface area contributed by atoms with Crippen molar-refractivity contribution < 1.29 is 14.3 Å². The van der Waals surface area contributed by atoms with Gasteiger partial charge < -0.3 is 9.52 Å². The maximum atomic E-state index is 12.5. The first-order chi connectivity index (χ1) is 9.79. The lowest BCUT2D eigenvalue weighted by atomic mass is 10.0. The lowest BCUT2D eigenvalue weighted by Gasteiger charge is -2.33. The Morgan fingerprint density at radius 1 is 1.35 bits per heavy atom. The average molecular weight is 273 g/mol. The van der Waals surface area contributed by atoms with E-state index in [9.17, 15) is 9.90 Å². The number of Topliss-reactive ketones (excluding diaryl/α,β-unsaturated/α-hetero) is 1. The van der Waals surface area contributed by atoms with E-state index in [0.29, 0.717) is 12.1 Å². The molecule has 1 aliphatic heterocycles. The first-order valence-electron chi connectivity index (χ1n) is 7.14. The number of para-hydroxylation sites is 1. The molecule has 0 saturated carbocycles. The number of fused-ring (bicyclic) bond motifs is 1. The van der Waals surface area contributed by atoms with E-state index in [0.717, 1.165) is 36.8 Å². The number of ketones is 1. The lowest BCUT2D eigenvalue weighted by molar-refractivity contribution is 0.0712. The molecule has 1 atom stereocenters. The van der Waals surface area contributed by atoms with Crippen LogP contribution in [0.3, 0.4) is 0 Å². The summed E-state index contributed by atoms with van der Waals surface area (Å²) in [5, 5.41) is 10.3. The zero-order valence-electron chi connectivity index (χ0n) is 11.4. The number of carbonyl (C=O) groups excluding carboxylic acids is 1.